The first-order valence-corrected chi connectivity index (χ1v) is 12.5. The third-order valence-corrected chi connectivity index (χ3v) is 8.03. The maximum Gasteiger partial charge on any atom is 0.263 e. The molecule has 0 N–H and O–H groups in total. The van der Waals surface area contributed by atoms with Crippen molar-refractivity contribution in [1.82, 2.24) is 8.87 Å². The maximum absolute atomic E-state index is 13.3. The van der Waals surface area contributed by atoms with Crippen LogP contribution in [0.4, 0.5) is 5.69 Å². The summed E-state index contributed by atoms with van der Waals surface area (Å²) in [5, 5.41) is 0. The minimum absolute atomic E-state index is 0.0983. The lowest BCUT2D eigenvalue weighted by molar-refractivity contribution is 0.0987. The molecule has 4 rings (SSSR count). The van der Waals surface area contributed by atoms with Crippen LogP contribution in [0.1, 0.15) is 35.3 Å². The van der Waals surface area contributed by atoms with E-state index in [1.807, 2.05) is 30.3 Å². The summed E-state index contributed by atoms with van der Waals surface area (Å²) in [4.78, 5) is 28.1. The van der Waals surface area contributed by atoms with Crippen molar-refractivity contribution >= 4 is 21.6 Å². The number of anilines is 1. The molecule has 1 aromatic heterocycles. The van der Waals surface area contributed by atoms with Gasteiger partial charge in [-0.05, 0) is 47.9 Å². The normalized spacial score (nSPS) is 13.4. The summed E-state index contributed by atoms with van der Waals surface area (Å²) in [6.45, 7) is 5.17. The van der Waals surface area contributed by atoms with Gasteiger partial charge in [0, 0.05) is 31.5 Å². The number of nitrogens with zero attached hydrogens (tertiary/aromatic N) is 3. The number of amides is 1. The molecule has 7 nitrogen and oxygen atoms in total. The van der Waals surface area contributed by atoms with Crippen LogP contribution in [0.5, 0.6) is 0 Å². The average Bonchev–Trinajstić information content (AvgIpc) is 3.25. The van der Waals surface area contributed by atoms with Crippen LogP contribution >= 0.6 is 0 Å². The van der Waals surface area contributed by atoms with E-state index in [0.29, 0.717) is 38.3 Å². The summed E-state index contributed by atoms with van der Waals surface area (Å²) in [5.41, 5.74) is 2.16. The SMILES string of the molecule is CCN(CC)S(=O)(=O)c1ccc2c(c1)CCN2C(=O)c1cccn(Cc2ccccc2)c1=O. The van der Waals surface area contributed by atoms with Crippen LogP contribution in [0.15, 0.2) is 76.6 Å². The topological polar surface area (TPSA) is 79.7 Å². The monoisotopic (exact) mass is 465 g/mol. The van der Waals surface area contributed by atoms with E-state index < -0.39 is 10.0 Å². The molecule has 0 spiro atoms. The highest BCUT2D eigenvalue weighted by molar-refractivity contribution is 7.89. The third kappa shape index (κ3) is 4.36. The van der Waals surface area contributed by atoms with E-state index in [1.165, 1.54) is 14.9 Å². The van der Waals surface area contributed by atoms with Gasteiger partial charge in [0.25, 0.3) is 11.5 Å². The zero-order valence-corrected chi connectivity index (χ0v) is 19.6. The molecule has 0 saturated heterocycles. The third-order valence-electron chi connectivity index (χ3n) is 5.98. The van der Waals surface area contributed by atoms with E-state index in [9.17, 15) is 18.0 Å². The average molecular weight is 466 g/mol. The first-order chi connectivity index (χ1) is 15.9. The zero-order valence-electron chi connectivity index (χ0n) is 18.8. The van der Waals surface area contributed by atoms with Gasteiger partial charge < -0.3 is 9.47 Å². The Balaban J connectivity index is 1.62. The Morgan fingerprint density at radius 1 is 1.00 bits per heavy atom. The Hall–Kier alpha value is -3.23. The van der Waals surface area contributed by atoms with Crippen LogP contribution in [-0.4, -0.2) is 42.8 Å². The lowest BCUT2D eigenvalue weighted by atomic mass is 10.1. The number of pyridine rings is 1. The van der Waals surface area contributed by atoms with E-state index >= 15 is 0 Å². The number of hydrogen-bond donors (Lipinski definition) is 0. The minimum atomic E-state index is -3.58. The Kier molecular flexibility index (Phi) is 6.49. The van der Waals surface area contributed by atoms with Crippen molar-refractivity contribution in [1.29, 1.82) is 0 Å². The van der Waals surface area contributed by atoms with Crippen LogP contribution in [0.2, 0.25) is 0 Å². The molecule has 2 aromatic carbocycles. The fourth-order valence-corrected chi connectivity index (χ4v) is 5.72. The number of carbonyl (C=O) groups excluding carboxylic acids is 1. The van der Waals surface area contributed by atoms with Gasteiger partial charge in [0.1, 0.15) is 5.56 Å². The second-order valence-corrected chi connectivity index (χ2v) is 9.87. The quantitative estimate of drug-likeness (QED) is 0.537. The van der Waals surface area contributed by atoms with Crippen molar-refractivity contribution in [3.8, 4) is 0 Å². The molecule has 8 heteroatoms. The van der Waals surface area contributed by atoms with E-state index in [1.54, 1.807) is 49.2 Å². The molecule has 0 radical (unpaired) electrons. The summed E-state index contributed by atoms with van der Waals surface area (Å²) in [6.07, 6.45) is 2.21. The second kappa shape index (κ2) is 9.33. The van der Waals surface area contributed by atoms with Crippen molar-refractivity contribution < 1.29 is 13.2 Å². The molecule has 0 fully saturated rings. The first-order valence-electron chi connectivity index (χ1n) is 11.0. The van der Waals surface area contributed by atoms with Crippen LogP contribution in [-0.2, 0) is 23.0 Å². The highest BCUT2D eigenvalue weighted by atomic mass is 32.2. The molecule has 0 unspecified atom stereocenters. The summed E-state index contributed by atoms with van der Waals surface area (Å²) < 4.78 is 28.7. The summed E-state index contributed by atoms with van der Waals surface area (Å²) >= 11 is 0. The fraction of sp³-hybridized carbons (Fsp3) is 0.280. The second-order valence-electron chi connectivity index (χ2n) is 7.93. The van der Waals surface area contributed by atoms with Gasteiger partial charge in [-0.2, -0.15) is 4.31 Å². The van der Waals surface area contributed by atoms with Gasteiger partial charge in [-0.15, -0.1) is 0 Å². The van der Waals surface area contributed by atoms with E-state index in [-0.39, 0.29) is 21.9 Å². The fourth-order valence-electron chi connectivity index (χ4n) is 4.21. The van der Waals surface area contributed by atoms with Gasteiger partial charge in [0.05, 0.1) is 11.4 Å². The number of sulfonamides is 1. The standard InChI is InChI=1S/C25H27N3O4S/c1-3-27(4-2)33(31,32)21-12-13-23-20(17-21)14-16-28(23)25(30)22-11-8-15-26(24(22)29)18-19-9-6-5-7-10-19/h5-13,15,17H,3-4,14,16,18H2,1-2H3. The predicted octanol–water partition coefficient (Wildman–Crippen LogP) is 3.13. The Morgan fingerprint density at radius 2 is 1.73 bits per heavy atom. The van der Waals surface area contributed by atoms with Crippen molar-refractivity contribution in [2.45, 2.75) is 31.7 Å². The summed E-state index contributed by atoms with van der Waals surface area (Å²) in [5.74, 6) is -0.375. The number of hydrogen-bond acceptors (Lipinski definition) is 4. The number of fused-ring (bicyclic) bond motifs is 1. The highest BCUT2D eigenvalue weighted by Gasteiger charge is 2.30. The molecule has 0 bridgehead atoms. The molecule has 172 valence electrons. The van der Waals surface area contributed by atoms with Crippen LogP contribution < -0.4 is 10.5 Å². The Morgan fingerprint density at radius 3 is 2.42 bits per heavy atom. The van der Waals surface area contributed by atoms with E-state index in [4.69, 9.17) is 0 Å². The molecule has 1 aliphatic rings. The molecule has 1 amide bonds. The predicted molar refractivity (Wildman–Crippen MR) is 128 cm³/mol. The van der Waals surface area contributed by atoms with Crippen molar-refractivity contribution in [3.05, 3.63) is 93.9 Å². The van der Waals surface area contributed by atoms with Gasteiger partial charge in [-0.1, -0.05) is 44.2 Å². The highest BCUT2D eigenvalue weighted by Crippen LogP contribution is 2.32. The van der Waals surface area contributed by atoms with Crippen LogP contribution in [0.25, 0.3) is 0 Å². The lowest BCUT2D eigenvalue weighted by Gasteiger charge is -2.20. The summed E-state index contributed by atoms with van der Waals surface area (Å²) in [7, 11) is -3.58. The molecule has 0 saturated carbocycles. The van der Waals surface area contributed by atoms with E-state index in [2.05, 4.69) is 0 Å². The molecule has 0 atom stereocenters. The van der Waals surface area contributed by atoms with Gasteiger partial charge in [-0.3, -0.25) is 9.59 Å². The van der Waals surface area contributed by atoms with Gasteiger partial charge in [-0.25, -0.2) is 8.42 Å². The molecule has 0 aliphatic carbocycles. The molecule has 3 aromatic rings. The largest absolute Gasteiger partial charge is 0.310 e. The van der Waals surface area contributed by atoms with Gasteiger partial charge >= 0.3 is 0 Å². The lowest BCUT2D eigenvalue weighted by Crippen LogP contribution is -2.35. The van der Waals surface area contributed by atoms with Gasteiger partial charge in [0.15, 0.2) is 0 Å². The zero-order chi connectivity index (χ0) is 23.6. The number of aromatic nitrogens is 1. The Bertz CT molecular complexity index is 1330. The van der Waals surface area contributed by atoms with Crippen LogP contribution in [0, 0.1) is 0 Å². The van der Waals surface area contributed by atoms with E-state index in [0.717, 1.165) is 11.1 Å². The first kappa shape index (κ1) is 22.9. The number of rotatable bonds is 7. The van der Waals surface area contributed by atoms with Gasteiger partial charge in [0.2, 0.25) is 10.0 Å². The summed E-state index contributed by atoms with van der Waals surface area (Å²) in [6, 6.07) is 17.7. The smallest absolute Gasteiger partial charge is 0.263 e. The van der Waals surface area contributed by atoms with Crippen molar-refractivity contribution in [3.63, 3.8) is 0 Å². The molecule has 1 aliphatic heterocycles. The molecule has 33 heavy (non-hydrogen) atoms. The van der Waals surface area contributed by atoms with Crippen LogP contribution in [0.3, 0.4) is 0 Å². The minimum Gasteiger partial charge on any atom is -0.310 e. The maximum atomic E-state index is 13.3. The molecular weight excluding hydrogens is 438 g/mol. The Labute approximate surface area is 193 Å². The van der Waals surface area contributed by atoms with Crippen molar-refractivity contribution in [2.75, 3.05) is 24.5 Å². The number of benzene rings is 2. The number of carbonyl (C=O) groups is 1. The molecular formula is C25H27N3O4S. The molecule has 2 heterocycles. The van der Waals surface area contributed by atoms with Crippen molar-refractivity contribution in [2.24, 2.45) is 0 Å².